The van der Waals surface area contributed by atoms with Crippen molar-refractivity contribution in [2.45, 2.75) is 0 Å². The smallest absolute Gasteiger partial charge is 0.164 e. The molecule has 0 saturated carbocycles. The van der Waals surface area contributed by atoms with Crippen molar-refractivity contribution in [1.82, 2.24) is 15.0 Å². The van der Waals surface area contributed by atoms with Crippen LogP contribution in [0.2, 0.25) is 5.15 Å². The third-order valence-electron chi connectivity index (χ3n) is 2.87. The molecule has 23 heavy (non-hydrogen) atoms. The van der Waals surface area contributed by atoms with Crippen molar-refractivity contribution < 1.29 is 13.2 Å². The number of pyridine rings is 1. The minimum absolute atomic E-state index is 0.0632. The molecule has 0 spiro atoms. The molecule has 0 aliphatic carbocycles. The minimum Gasteiger partial charge on any atom is -0.335 e. The Balaban J connectivity index is 2.00. The van der Waals surface area contributed by atoms with E-state index in [1.807, 2.05) is 0 Å². The van der Waals surface area contributed by atoms with Gasteiger partial charge in [-0.15, -0.1) is 0 Å². The van der Waals surface area contributed by atoms with E-state index in [1.54, 1.807) is 18.3 Å². The normalized spacial score (nSPS) is 10.6. The molecule has 1 N–H and O–H groups in total. The maximum Gasteiger partial charge on any atom is 0.164 e. The number of hydrogen-bond donors (Lipinski definition) is 1. The van der Waals surface area contributed by atoms with E-state index >= 15 is 0 Å². The van der Waals surface area contributed by atoms with E-state index in [-0.39, 0.29) is 16.8 Å². The van der Waals surface area contributed by atoms with Crippen LogP contribution in [0.3, 0.4) is 0 Å². The second-order valence-corrected chi connectivity index (χ2v) is 4.90. The summed E-state index contributed by atoms with van der Waals surface area (Å²) >= 11 is 5.91. The van der Waals surface area contributed by atoms with E-state index in [0.29, 0.717) is 17.7 Å². The summed E-state index contributed by atoms with van der Waals surface area (Å²) in [6, 6.07) is 5.82. The molecular weight excluding hydrogens is 329 g/mol. The number of nitrogens with zero attached hydrogens (tertiary/aromatic N) is 3. The maximum atomic E-state index is 13.7. The van der Waals surface area contributed by atoms with Gasteiger partial charge in [-0.3, -0.25) is 4.98 Å². The molecule has 0 aliphatic rings. The molecule has 0 radical (unpaired) electrons. The Kier molecular flexibility index (Phi) is 4.12. The highest BCUT2D eigenvalue weighted by atomic mass is 35.5. The van der Waals surface area contributed by atoms with E-state index < -0.39 is 23.1 Å². The first kappa shape index (κ1) is 15.2. The van der Waals surface area contributed by atoms with E-state index in [4.69, 9.17) is 11.6 Å². The number of anilines is 2. The second kappa shape index (κ2) is 6.21. The molecule has 1 aromatic carbocycles. The zero-order valence-corrected chi connectivity index (χ0v) is 12.2. The molecule has 0 fully saturated rings. The van der Waals surface area contributed by atoms with Crippen LogP contribution in [0, 0.1) is 17.5 Å². The Morgan fingerprint density at radius 3 is 2.39 bits per heavy atom. The number of aromatic nitrogens is 3. The number of rotatable bonds is 3. The lowest BCUT2D eigenvalue weighted by molar-refractivity contribution is 0.549. The van der Waals surface area contributed by atoms with Crippen molar-refractivity contribution in [3.05, 3.63) is 65.3 Å². The van der Waals surface area contributed by atoms with Crippen molar-refractivity contribution in [1.29, 1.82) is 0 Å². The quantitative estimate of drug-likeness (QED) is 0.722. The van der Waals surface area contributed by atoms with E-state index in [9.17, 15) is 13.2 Å². The van der Waals surface area contributed by atoms with Crippen LogP contribution in [0.1, 0.15) is 0 Å². The topological polar surface area (TPSA) is 50.7 Å². The Morgan fingerprint density at radius 1 is 1.00 bits per heavy atom. The summed E-state index contributed by atoms with van der Waals surface area (Å²) in [5.41, 5.74) is 0.0522. The average molecular weight is 337 g/mol. The molecule has 0 saturated heterocycles. The predicted octanol–water partition coefficient (Wildman–Crippen LogP) is 4.35. The maximum absolute atomic E-state index is 13.7. The Morgan fingerprint density at radius 2 is 1.74 bits per heavy atom. The summed E-state index contributed by atoms with van der Waals surface area (Å²) < 4.78 is 40.3. The van der Waals surface area contributed by atoms with Crippen LogP contribution in [-0.4, -0.2) is 15.0 Å². The molecule has 0 unspecified atom stereocenters. The first-order valence-corrected chi connectivity index (χ1v) is 6.77. The molecule has 4 nitrogen and oxygen atoms in total. The zero-order valence-electron chi connectivity index (χ0n) is 11.4. The Bertz CT molecular complexity index is 836. The fourth-order valence-electron chi connectivity index (χ4n) is 1.90. The molecular formula is C15H8ClF3N4. The van der Waals surface area contributed by atoms with Crippen molar-refractivity contribution >= 4 is 23.1 Å². The fraction of sp³-hybridized carbons (Fsp3) is 0. The van der Waals surface area contributed by atoms with Gasteiger partial charge in [0.25, 0.3) is 0 Å². The van der Waals surface area contributed by atoms with Gasteiger partial charge in [-0.05, 0) is 12.1 Å². The van der Waals surface area contributed by atoms with Gasteiger partial charge in [-0.1, -0.05) is 11.6 Å². The molecule has 116 valence electrons. The van der Waals surface area contributed by atoms with Gasteiger partial charge in [0.2, 0.25) is 0 Å². The van der Waals surface area contributed by atoms with Crippen molar-refractivity contribution in [2.24, 2.45) is 0 Å². The fourth-order valence-corrected chi connectivity index (χ4v) is 2.08. The lowest BCUT2D eigenvalue weighted by Crippen LogP contribution is -2.02. The van der Waals surface area contributed by atoms with Crippen LogP contribution in [0.25, 0.3) is 11.4 Å². The highest BCUT2D eigenvalue weighted by Crippen LogP contribution is 2.26. The monoisotopic (exact) mass is 336 g/mol. The first-order valence-electron chi connectivity index (χ1n) is 6.39. The molecule has 2 heterocycles. The molecule has 3 rings (SSSR count). The summed E-state index contributed by atoms with van der Waals surface area (Å²) in [5, 5.41) is 2.52. The minimum atomic E-state index is -1.08. The molecule has 2 aromatic heterocycles. The number of hydrogen-bond acceptors (Lipinski definition) is 4. The number of benzene rings is 1. The van der Waals surface area contributed by atoms with Gasteiger partial charge in [-0.2, -0.15) is 0 Å². The highest BCUT2D eigenvalue weighted by molar-refractivity contribution is 6.29. The van der Waals surface area contributed by atoms with E-state index in [2.05, 4.69) is 20.3 Å². The van der Waals surface area contributed by atoms with Crippen molar-refractivity contribution in [3.8, 4) is 11.4 Å². The van der Waals surface area contributed by atoms with Gasteiger partial charge in [-0.25, -0.2) is 23.1 Å². The molecule has 0 bridgehead atoms. The van der Waals surface area contributed by atoms with Gasteiger partial charge in [0.1, 0.15) is 22.5 Å². The summed E-state index contributed by atoms with van der Waals surface area (Å²) in [4.78, 5) is 12.1. The molecule has 0 atom stereocenters. The summed E-state index contributed by atoms with van der Waals surface area (Å²) in [6.45, 7) is 0. The van der Waals surface area contributed by atoms with Gasteiger partial charge in [0.15, 0.2) is 17.5 Å². The van der Waals surface area contributed by atoms with Crippen LogP contribution < -0.4 is 5.32 Å². The number of nitrogens with one attached hydrogen (secondary N) is 1. The molecule has 0 amide bonds. The van der Waals surface area contributed by atoms with Crippen molar-refractivity contribution in [3.63, 3.8) is 0 Å². The standard InChI is InChI=1S/C15H8ClF3N4/c16-12-6-13(22-14-10(18)4-9(17)5-11(14)19)23-15(21-12)8-2-1-3-20-7-8/h1-7H,(H,21,22,23). The number of halogens is 4. The third kappa shape index (κ3) is 3.40. The second-order valence-electron chi connectivity index (χ2n) is 4.51. The van der Waals surface area contributed by atoms with Gasteiger partial charge < -0.3 is 5.32 Å². The average Bonchev–Trinajstić information content (AvgIpc) is 2.51. The lowest BCUT2D eigenvalue weighted by Gasteiger charge is -2.10. The van der Waals surface area contributed by atoms with Crippen LogP contribution >= 0.6 is 11.6 Å². The van der Waals surface area contributed by atoms with Crippen LogP contribution in [-0.2, 0) is 0 Å². The highest BCUT2D eigenvalue weighted by Gasteiger charge is 2.14. The first-order chi connectivity index (χ1) is 11.0. The zero-order chi connectivity index (χ0) is 16.4. The third-order valence-corrected chi connectivity index (χ3v) is 3.07. The predicted molar refractivity (Wildman–Crippen MR) is 79.9 cm³/mol. The largest absolute Gasteiger partial charge is 0.335 e. The Labute approximate surface area is 134 Å². The van der Waals surface area contributed by atoms with E-state index in [0.717, 1.165) is 0 Å². The van der Waals surface area contributed by atoms with Crippen LogP contribution in [0.15, 0.2) is 42.7 Å². The summed E-state index contributed by atoms with van der Waals surface area (Å²) in [5.74, 6) is -2.88. The van der Waals surface area contributed by atoms with Gasteiger partial charge >= 0.3 is 0 Å². The molecule has 0 aliphatic heterocycles. The Hall–Kier alpha value is -2.67. The van der Waals surface area contributed by atoms with Crippen LogP contribution in [0.5, 0.6) is 0 Å². The van der Waals surface area contributed by atoms with Crippen LogP contribution in [0.4, 0.5) is 24.7 Å². The molecule has 8 heteroatoms. The van der Waals surface area contributed by atoms with Crippen molar-refractivity contribution in [2.75, 3.05) is 5.32 Å². The summed E-state index contributed by atoms with van der Waals surface area (Å²) in [7, 11) is 0. The van der Waals surface area contributed by atoms with Gasteiger partial charge in [0.05, 0.1) is 0 Å². The van der Waals surface area contributed by atoms with E-state index in [1.165, 1.54) is 12.3 Å². The van der Waals surface area contributed by atoms with Gasteiger partial charge in [0, 0.05) is 36.2 Å². The lowest BCUT2D eigenvalue weighted by atomic mass is 10.2. The SMILES string of the molecule is Fc1cc(F)c(Nc2cc(Cl)nc(-c3cccnc3)n2)c(F)c1. The molecule has 3 aromatic rings. The summed E-state index contributed by atoms with van der Waals surface area (Å²) in [6.07, 6.45) is 3.10.